The molecule has 0 saturated heterocycles. The van der Waals surface area contributed by atoms with E-state index in [0.717, 1.165) is 6.07 Å². The topological polar surface area (TPSA) is 98.5 Å². The first-order valence-corrected chi connectivity index (χ1v) is 6.42. The molecule has 1 amide bonds. The minimum atomic E-state index is -0.777. The maximum absolute atomic E-state index is 12.0. The largest absolute Gasteiger partial charge is 0.444 e. The predicted octanol–water partition coefficient (Wildman–Crippen LogP) is 2.96. The number of alkyl carbamates (subject to hydrolysis) is 1. The highest BCUT2D eigenvalue weighted by molar-refractivity contribution is 6.31. The van der Waals surface area contributed by atoms with Crippen LogP contribution >= 0.6 is 11.6 Å². The van der Waals surface area contributed by atoms with Gasteiger partial charge in [-0.3, -0.25) is 14.9 Å². The van der Waals surface area contributed by atoms with Crippen LogP contribution in [0.2, 0.25) is 5.02 Å². The second-order valence-corrected chi connectivity index (χ2v) is 5.63. The summed E-state index contributed by atoms with van der Waals surface area (Å²) in [4.78, 5) is 33.6. The van der Waals surface area contributed by atoms with Crippen LogP contribution in [-0.4, -0.2) is 28.9 Å². The van der Waals surface area contributed by atoms with Crippen molar-refractivity contribution in [2.75, 3.05) is 6.54 Å². The number of hydrogen-bond acceptors (Lipinski definition) is 5. The Morgan fingerprint density at radius 3 is 2.52 bits per heavy atom. The van der Waals surface area contributed by atoms with Gasteiger partial charge in [0.2, 0.25) is 0 Å². The Morgan fingerprint density at radius 2 is 2.00 bits per heavy atom. The highest BCUT2D eigenvalue weighted by Crippen LogP contribution is 2.23. The van der Waals surface area contributed by atoms with Crippen molar-refractivity contribution in [1.29, 1.82) is 0 Å². The Labute approximate surface area is 126 Å². The summed E-state index contributed by atoms with van der Waals surface area (Å²) in [6.45, 7) is 4.61. The molecule has 0 radical (unpaired) electrons. The van der Waals surface area contributed by atoms with E-state index in [2.05, 4.69) is 5.32 Å². The molecule has 21 heavy (non-hydrogen) atoms. The van der Waals surface area contributed by atoms with Crippen molar-refractivity contribution >= 4 is 29.2 Å². The highest BCUT2D eigenvalue weighted by atomic mass is 35.5. The zero-order valence-electron chi connectivity index (χ0n) is 11.8. The fourth-order valence-electron chi connectivity index (χ4n) is 1.45. The maximum Gasteiger partial charge on any atom is 0.408 e. The van der Waals surface area contributed by atoms with E-state index in [1.54, 1.807) is 20.8 Å². The van der Waals surface area contributed by atoms with Gasteiger partial charge in [0.25, 0.3) is 5.69 Å². The van der Waals surface area contributed by atoms with Gasteiger partial charge in [-0.25, -0.2) is 4.79 Å². The summed E-state index contributed by atoms with van der Waals surface area (Å²) in [5.74, 6) is -0.630. The number of carbonyl (C=O) groups excluding carboxylic acids is 2. The average Bonchev–Trinajstić information content (AvgIpc) is 2.33. The second-order valence-electron chi connectivity index (χ2n) is 5.20. The summed E-state index contributed by atoms with van der Waals surface area (Å²) in [6, 6.07) is 3.65. The molecule has 0 aliphatic carbocycles. The first kappa shape index (κ1) is 16.9. The zero-order valence-corrected chi connectivity index (χ0v) is 12.6. The number of hydrogen-bond donors (Lipinski definition) is 1. The number of Topliss-reactive ketones (excluding diaryl/α,β-unsaturated/α-hetero) is 1. The molecule has 0 aliphatic heterocycles. The normalized spacial score (nSPS) is 10.9. The van der Waals surface area contributed by atoms with Gasteiger partial charge in [0.1, 0.15) is 5.60 Å². The number of benzene rings is 1. The number of nitrogens with one attached hydrogen (secondary N) is 1. The van der Waals surface area contributed by atoms with Gasteiger partial charge in [-0.15, -0.1) is 0 Å². The predicted molar refractivity (Wildman–Crippen MR) is 76.7 cm³/mol. The summed E-state index contributed by atoms with van der Waals surface area (Å²) >= 11 is 5.73. The van der Waals surface area contributed by atoms with Crippen molar-refractivity contribution < 1.29 is 19.2 Å². The molecule has 0 bridgehead atoms. The minimum Gasteiger partial charge on any atom is -0.444 e. The van der Waals surface area contributed by atoms with E-state index < -0.39 is 28.9 Å². The van der Waals surface area contributed by atoms with Crippen LogP contribution in [0.4, 0.5) is 10.5 Å². The summed E-state index contributed by atoms with van der Waals surface area (Å²) in [5.41, 5.74) is -1.23. The average molecular weight is 315 g/mol. The molecule has 1 rings (SSSR count). The van der Waals surface area contributed by atoms with E-state index in [9.17, 15) is 19.7 Å². The number of carbonyl (C=O) groups is 2. The van der Waals surface area contributed by atoms with Crippen molar-refractivity contribution in [2.24, 2.45) is 0 Å². The minimum absolute atomic E-state index is 0.163. The third-order valence-corrected chi connectivity index (χ3v) is 2.48. The molecule has 0 fully saturated rings. The standard InChI is InChI=1S/C13H15ClN2O5/c1-13(2,3)21-12(18)15-7-11(17)9-6-8(14)4-5-10(9)16(19)20/h4-6H,7H2,1-3H3,(H,15,18). The summed E-state index contributed by atoms with van der Waals surface area (Å²) < 4.78 is 4.96. The van der Waals surface area contributed by atoms with Gasteiger partial charge in [0.15, 0.2) is 5.78 Å². The van der Waals surface area contributed by atoms with Crippen molar-refractivity contribution in [3.8, 4) is 0 Å². The van der Waals surface area contributed by atoms with Crippen LogP contribution in [0.5, 0.6) is 0 Å². The first-order chi connectivity index (χ1) is 9.60. The van der Waals surface area contributed by atoms with Crippen LogP contribution < -0.4 is 5.32 Å². The lowest BCUT2D eigenvalue weighted by atomic mass is 10.1. The molecule has 0 unspecified atom stereocenters. The molecule has 0 spiro atoms. The molecule has 1 N–H and O–H groups in total. The van der Waals surface area contributed by atoms with Crippen molar-refractivity contribution in [3.05, 3.63) is 38.9 Å². The number of ether oxygens (including phenoxy) is 1. The van der Waals surface area contributed by atoms with E-state index >= 15 is 0 Å². The molecular weight excluding hydrogens is 300 g/mol. The van der Waals surface area contributed by atoms with Gasteiger partial charge in [-0.05, 0) is 32.9 Å². The number of amides is 1. The quantitative estimate of drug-likeness (QED) is 0.523. The van der Waals surface area contributed by atoms with Gasteiger partial charge in [0.05, 0.1) is 17.0 Å². The Bertz CT molecular complexity index is 580. The number of rotatable bonds is 4. The number of nitro groups is 1. The van der Waals surface area contributed by atoms with Gasteiger partial charge in [0, 0.05) is 11.1 Å². The smallest absolute Gasteiger partial charge is 0.408 e. The molecule has 8 heteroatoms. The van der Waals surface area contributed by atoms with Crippen molar-refractivity contribution in [1.82, 2.24) is 5.32 Å². The van der Waals surface area contributed by atoms with Crippen molar-refractivity contribution in [2.45, 2.75) is 26.4 Å². The molecule has 1 aromatic rings. The number of nitro benzene ring substituents is 1. The van der Waals surface area contributed by atoms with Crippen LogP contribution in [0.25, 0.3) is 0 Å². The number of nitrogens with zero attached hydrogens (tertiary/aromatic N) is 1. The fraction of sp³-hybridized carbons (Fsp3) is 0.385. The Hall–Kier alpha value is -2.15. The van der Waals surface area contributed by atoms with E-state index in [1.165, 1.54) is 12.1 Å². The Kier molecular flexibility index (Phi) is 5.26. The van der Waals surface area contributed by atoms with Crippen LogP contribution in [0.3, 0.4) is 0 Å². The van der Waals surface area contributed by atoms with Crippen LogP contribution in [-0.2, 0) is 4.74 Å². The molecule has 1 aromatic carbocycles. The zero-order chi connectivity index (χ0) is 16.2. The third kappa shape index (κ3) is 5.39. The molecule has 7 nitrogen and oxygen atoms in total. The monoisotopic (exact) mass is 314 g/mol. The molecule has 0 heterocycles. The molecule has 0 saturated carbocycles. The van der Waals surface area contributed by atoms with E-state index in [0.29, 0.717) is 0 Å². The first-order valence-electron chi connectivity index (χ1n) is 6.04. The summed E-state index contributed by atoms with van der Waals surface area (Å²) in [6.07, 6.45) is -0.777. The molecule has 0 aromatic heterocycles. The SMILES string of the molecule is CC(C)(C)OC(=O)NCC(=O)c1cc(Cl)ccc1[N+](=O)[O-]. The number of ketones is 1. The summed E-state index contributed by atoms with van der Waals surface area (Å²) in [7, 11) is 0. The highest BCUT2D eigenvalue weighted by Gasteiger charge is 2.22. The van der Waals surface area contributed by atoms with Gasteiger partial charge < -0.3 is 10.1 Å². The summed E-state index contributed by atoms with van der Waals surface area (Å²) in [5, 5.41) is 13.3. The lowest BCUT2D eigenvalue weighted by Gasteiger charge is -2.19. The molecule has 0 atom stereocenters. The Morgan fingerprint density at radius 1 is 1.38 bits per heavy atom. The molecule has 114 valence electrons. The van der Waals surface area contributed by atoms with E-state index in [1.807, 2.05) is 0 Å². The Balaban J connectivity index is 2.79. The van der Waals surface area contributed by atoms with Gasteiger partial charge in [-0.1, -0.05) is 11.6 Å². The van der Waals surface area contributed by atoms with Crippen LogP contribution in [0.15, 0.2) is 18.2 Å². The number of halogens is 1. The second kappa shape index (κ2) is 6.53. The molecular formula is C13H15ClN2O5. The van der Waals surface area contributed by atoms with Gasteiger partial charge in [-0.2, -0.15) is 0 Å². The van der Waals surface area contributed by atoms with E-state index in [4.69, 9.17) is 16.3 Å². The van der Waals surface area contributed by atoms with Crippen molar-refractivity contribution in [3.63, 3.8) is 0 Å². The third-order valence-electron chi connectivity index (χ3n) is 2.25. The molecule has 0 aliphatic rings. The van der Waals surface area contributed by atoms with Crippen LogP contribution in [0, 0.1) is 10.1 Å². The maximum atomic E-state index is 12.0. The fourth-order valence-corrected chi connectivity index (χ4v) is 1.62. The lowest BCUT2D eigenvalue weighted by Crippen LogP contribution is -2.35. The van der Waals surface area contributed by atoms with Gasteiger partial charge >= 0.3 is 6.09 Å². The van der Waals surface area contributed by atoms with Crippen LogP contribution in [0.1, 0.15) is 31.1 Å². The van der Waals surface area contributed by atoms with E-state index in [-0.39, 0.29) is 16.3 Å². The lowest BCUT2D eigenvalue weighted by molar-refractivity contribution is -0.385.